The van der Waals surface area contributed by atoms with Crippen LogP contribution in [0.5, 0.6) is 0 Å². The molecule has 0 aliphatic rings. The van der Waals surface area contributed by atoms with E-state index in [2.05, 4.69) is 16.0 Å². The van der Waals surface area contributed by atoms with Gasteiger partial charge in [-0.05, 0) is 30.7 Å². The van der Waals surface area contributed by atoms with Crippen LogP contribution in [0.4, 0.5) is 23.7 Å². The third-order valence-electron chi connectivity index (χ3n) is 4.09. The Bertz CT molecular complexity index is 904. The second-order valence-corrected chi connectivity index (χ2v) is 6.49. The zero-order valence-electron chi connectivity index (χ0n) is 15.9. The number of carboxylic acids is 1. The molecule has 7 nitrogen and oxygen atoms in total. The van der Waals surface area contributed by atoms with Crippen molar-refractivity contribution in [1.29, 1.82) is 0 Å². The van der Waals surface area contributed by atoms with Crippen molar-refractivity contribution in [3.63, 3.8) is 0 Å². The number of alkyl halides is 3. The molecule has 30 heavy (non-hydrogen) atoms. The molecule has 0 bridgehead atoms. The minimum absolute atomic E-state index is 0.0467. The van der Waals surface area contributed by atoms with Crippen molar-refractivity contribution in [1.82, 2.24) is 10.6 Å². The maximum absolute atomic E-state index is 12.7. The topological polar surface area (TPSA) is 108 Å². The average molecular weight is 423 g/mol. The van der Waals surface area contributed by atoms with E-state index in [1.165, 1.54) is 13.0 Å². The highest BCUT2D eigenvalue weighted by atomic mass is 19.4. The van der Waals surface area contributed by atoms with Gasteiger partial charge in [0.25, 0.3) is 0 Å². The first kappa shape index (κ1) is 22.7. The van der Waals surface area contributed by atoms with E-state index >= 15 is 0 Å². The molecule has 10 heteroatoms. The second-order valence-electron chi connectivity index (χ2n) is 6.49. The monoisotopic (exact) mass is 423 g/mol. The molecule has 0 fully saturated rings. The molecule has 0 aromatic heterocycles. The molecule has 2 aromatic carbocycles. The van der Waals surface area contributed by atoms with Crippen LogP contribution in [0.25, 0.3) is 0 Å². The number of halogens is 3. The number of hydrogen-bond donors (Lipinski definition) is 4. The summed E-state index contributed by atoms with van der Waals surface area (Å²) in [5.41, 5.74) is -0.341. The quantitative estimate of drug-likeness (QED) is 0.549. The van der Waals surface area contributed by atoms with Gasteiger partial charge in [0.15, 0.2) is 0 Å². The van der Waals surface area contributed by atoms with Gasteiger partial charge in [0.2, 0.25) is 5.91 Å². The van der Waals surface area contributed by atoms with E-state index in [-0.39, 0.29) is 12.1 Å². The van der Waals surface area contributed by atoms with Gasteiger partial charge >= 0.3 is 18.2 Å². The Kier molecular flexibility index (Phi) is 7.40. The number of amides is 3. The molecule has 0 heterocycles. The standard InChI is InChI=1S/C20H20F3N3O4/c1-12(17(27)26-16(18(28)29)10-13-6-3-2-4-7-13)24-19(30)25-15-9-5-8-14(11-15)20(21,22)23/h2-9,11-12,16H,10H2,1H3,(H,26,27)(H,28,29)(H2,24,25,30)/t12-,16-/m1/s1. The summed E-state index contributed by atoms with van der Waals surface area (Å²) >= 11 is 0. The molecule has 0 unspecified atom stereocenters. The fourth-order valence-corrected chi connectivity index (χ4v) is 2.55. The lowest BCUT2D eigenvalue weighted by molar-refractivity contribution is -0.142. The van der Waals surface area contributed by atoms with Crippen molar-refractivity contribution in [2.24, 2.45) is 0 Å². The highest BCUT2D eigenvalue weighted by molar-refractivity contribution is 5.94. The molecular weight excluding hydrogens is 403 g/mol. The summed E-state index contributed by atoms with van der Waals surface area (Å²) in [6, 6.07) is 9.43. The number of anilines is 1. The van der Waals surface area contributed by atoms with Crippen molar-refractivity contribution < 1.29 is 32.7 Å². The molecular formula is C20H20F3N3O4. The second kappa shape index (κ2) is 9.77. The molecule has 2 rings (SSSR count). The first-order valence-electron chi connectivity index (χ1n) is 8.88. The molecule has 0 saturated heterocycles. The van der Waals surface area contributed by atoms with Gasteiger partial charge in [-0.15, -0.1) is 0 Å². The number of carbonyl (C=O) groups excluding carboxylic acids is 2. The third-order valence-corrected chi connectivity index (χ3v) is 4.09. The van der Waals surface area contributed by atoms with E-state index in [1.807, 2.05) is 0 Å². The largest absolute Gasteiger partial charge is 0.480 e. The van der Waals surface area contributed by atoms with E-state index in [0.29, 0.717) is 5.56 Å². The number of urea groups is 1. The van der Waals surface area contributed by atoms with Gasteiger partial charge in [-0.1, -0.05) is 36.4 Å². The summed E-state index contributed by atoms with van der Waals surface area (Å²) < 4.78 is 38.2. The molecule has 0 aliphatic carbocycles. The van der Waals surface area contributed by atoms with Crippen molar-refractivity contribution in [2.75, 3.05) is 5.32 Å². The van der Waals surface area contributed by atoms with E-state index in [9.17, 15) is 32.7 Å². The smallest absolute Gasteiger partial charge is 0.416 e. The number of aliphatic carboxylic acids is 1. The van der Waals surface area contributed by atoms with Gasteiger partial charge in [0.05, 0.1) is 5.56 Å². The van der Waals surface area contributed by atoms with Crippen LogP contribution in [0.15, 0.2) is 54.6 Å². The molecule has 3 amide bonds. The van der Waals surface area contributed by atoms with Crippen molar-refractivity contribution in [3.05, 3.63) is 65.7 Å². The van der Waals surface area contributed by atoms with Gasteiger partial charge in [-0.25, -0.2) is 9.59 Å². The van der Waals surface area contributed by atoms with E-state index in [4.69, 9.17) is 0 Å². The van der Waals surface area contributed by atoms with Crippen LogP contribution in [-0.2, 0) is 22.2 Å². The minimum Gasteiger partial charge on any atom is -0.480 e. The van der Waals surface area contributed by atoms with Gasteiger partial charge < -0.3 is 21.1 Å². The summed E-state index contributed by atoms with van der Waals surface area (Å²) in [5.74, 6) is -2.00. The minimum atomic E-state index is -4.56. The molecule has 0 spiro atoms. The van der Waals surface area contributed by atoms with Crippen LogP contribution in [0.2, 0.25) is 0 Å². The van der Waals surface area contributed by atoms with Gasteiger partial charge in [-0.2, -0.15) is 13.2 Å². The van der Waals surface area contributed by atoms with Gasteiger partial charge in [-0.3, -0.25) is 4.79 Å². The highest BCUT2D eigenvalue weighted by Gasteiger charge is 2.30. The fraction of sp³-hybridized carbons (Fsp3) is 0.250. The zero-order chi connectivity index (χ0) is 22.3. The Morgan fingerprint density at radius 2 is 1.67 bits per heavy atom. The Morgan fingerprint density at radius 1 is 1.00 bits per heavy atom. The van der Waals surface area contributed by atoms with Crippen molar-refractivity contribution >= 4 is 23.6 Å². The predicted octanol–water partition coefficient (Wildman–Crippen LogP) is 3.03. The average Bonchev–Trinajstić information content (AvgIpc) is 2.67. The van der Waals surface area contributed by atoms with Crippen LogP contribution >= 0.6 is 0 Å². The SMILES string of the molecule is C[C@@H](NC(=O)Nc1cccc(C(F)(F)F)c1)C(=O)N[C@H](Cc1ccccc1)C(=O)O. The lowest BCUT2D eigenvalue weighted by atomic mass is 10.1. The van der Waals surface area contributed by atoms with Crippen LogP contribution in [0.3, 0.4) is 0 Å². The lowest BCUT2D eigenvalue weighted by Gasteiger charge is -2.19. The molecule has 4 N–H and O–H groups in total. The first-order chi connectivity index (χ1) is 14.1. The van der Waals surface area contributed by atoms with Gasteiger partial charge in [0, 0.05) is 12.1 Å². The summed E-state index contributed by atoms with van der Waals surface area (Å²) in [5, 5.41) is 16.1. The Balaban J connectivity index is 1.94. The number of carboxylic acid groups (broad SMARTS) is 1. The fourth-order valence-electron chi connectivity index (χ4n) is 2.55. The molecule has 160 valence electrons. The third kappa shape index (κ3) is 6.80. The van der Waals surface area contributed by atoms with E-state index in [1.54, 1.807) is 30.3 Å². The summed E-state index contributed by atoms with van der Waals surface area (Å²) in [7, 11) is 0. The van der Waals surface area contributed by atoms with Crippen LogP contribution in [0, 0.1) is 0 Å². The maximum Gasteiger partial charge on any atom is 0.416 e. The number of hydrogen-bond acceptors (Lipinski definition) is 3. The van der Waals surface area contributed by atoms with Crippen molar-refractivity contribution in [2.45, 2.75) is 31.6 Å². The zero-order valence-corrected chi connectivity index (χ0v) is 15.9. The first-order valence-corrected chi connectivity index (χ1v) is 8.88. The van der Waals surface area contributed by atoms with Crippen molar-refractivity contribution in [3.8, 4) is 0 Å². The van der Waals surface area contributed by atoms with E-state index < -0.39 is 41.7 Å². The van der Waals surface area contributed by atoms with Crippen LogP contribution in [0.1, 0.15) is 18.1 Å². The normalized spacial score (nSPS) is 13.1. The highest BCUT2D eigenvalue weighted by Crippen LogP contribution is 2.30. The Labute approximate surface area is 170 Å². The molecule has 2 atom stereocenters. The lowest BCUT2D eigenvalue weighted by Crippen LogP contribution is -2.51. The number of rotatable bonds is 7. The number of nitrogens with one attached hydrogen (secondary N) is 3. The molecule has 0 saturated carbocycles. The Morgan fingerprint density at radius 3 is 2.27 bits per heavy atom. The van der Waals surface area contributed by atoms with E-state index in [0.717, 1.165) is 18.2 Å². The predicted molar refractivity (Wildman–Crippen MR) is 103 cm³/mol. The number of carbonyl (C=O) groups is 3. The van der Waals surface area contributed by atoms with Gasteiger partial charge in [0.1, 0.15) is 12.1 Å². The molecule has 0 radical (unpaired) electrons. The molecule has 0 aliphatic heterocycles. The van der Waals surface area contributed by atoms with Crippen LogP contribution < -0.4 is 16.0 Å². The molecule has 2 aromatic rings. The van der Waals surface area contributed by atoms with Crippen LogP contribution in [-0.4, -0.2) is 35.1 Å². The summed E-state index contributed by atoms with van der Waals surface area (Å²) in [6.45, 7) is 1.32. The number of benzene rings is 2. The Hall–Kier alpha value is -3.56. The summed E-state index contributed by atoms with van der Waals surface area (Å²) in [6.07, 6.45) is -4.52. The summed E-state index contributed by atoms with van der Waals surface area (Å²) in [4.78, 5) is 35.7. The maximum atomic E-state index is 12.7.